The van der Waals surface area contributed by atoms with Crippen LogP contribution < -0.4 is 0 Å². The number of hydrogen-bond donors (Lipinski definition) is 0. The summed E-state index contributed by atoms with van der Waals surface area (Å²) >= 11 is 0. The van der Waals surface area contributed by atoms with Crippen LogP contribution in [0.1, 0.15) is 45.0 Å². The third-order valence-electron chi connectivity index (χ3n) is 3.26. The Morgan fingerprint density at radius 3 is 2.88 bits per heavy atom. The Morgan fingerprint density at radius 2 is 2.25 bits per heavy atom. The van der Waals surface area contributed by atoms with Crippen LogP contribution in [0.5, 0.6) is 0 Å². The van der Waals surface area contributed by atoms with Crippen molar-refractivity contribution in [2.45, 2.75) is 39.2 Å². The molecule has 90 valence electrons. The fraction of sp³-hybridized carbons (Fsp3) is 0.833. The van der Waals surface area contributed by atoms with Gasteiger partial charge in [0.15, 0.2) is 0 Å². The first kappa shape index (κ1) is 11.6. The van der Waals surface area contributed by atoms with Gasteiger partial charge < -0.3 is 4.57 Å². The summed E-state index contributed by atoms with van der Waals surface area (Å²) in [5.41, 5.74) is 0. The van der Waals surface area contributed by atoms with Crippen molar-refractivity contribution in [3.8, 4) is 0 Å². The molecule has 1 fully saturated rings. The van der Waals surface area contributed by atoms with Crippen LogP contribution in [0, 0.1) is 5.92 Å². The van der Waals surface area contributed by atoms with E-state index in [1.807, 2.05) is 7.05 Å². The second kappa shape index (κ2) is 4.95. The summed E-state index contributed by atoms with van der Waals surface area (Å²) in [6.07, 6.45) is 5.66. The van der Waals surface area contributed by atoms with Gasteiger partial charge in [-0.2, -0.15) is 0 Å². The van der Waals surface area contributed by atoms with Crippen molar-refractivity contribution in [1.82, 2.24) is 19.7 Å². The van der Waals surface area contributed by atoms with Crippen LogP contribution in [0.3, 0.4) is 0 Å². The lowest BCUT2D eigenvalue weighted by molar-refractivity contribution is 0.124. The highest BCUT2D eigenvalue weighted by atomic mass is 15.3. The van der Waals surface area contributed by atoms with Crippen LogP contribution in [0.15, 0.2) is 6.33 Å². The molecule has 4 nitrogen and oxygen atoms in total. The monoisotopic (exact) mass is 222 g/mol. The highest BCUT2D eigenvalue weighted by Gasteiger charge is 2.27. The molecule has 4 heteroatoms. The van der Waals surface area contributed by atoms with Crippen molar-refractivity contribution < 1.29 is 0 Å². The number of piperidine rings is 1. The second-order valence-corrected chi connectivity index (χ2v) is 5.20. The fourth-order valence-electron chi connectivity index (χ4n) is 2.56. The van der Waals surface area contributed by atoms with Crippen LogP contribution in [-0.4, -0.2) is 32.8 Å². The number of hydrogen-bond acceptors (Lipinski definition) is 3. The summed E-state index contributed by atoms with van der Waals surface area (Å²) in [5, 5.41) is 8.27. The first-order valence-corrected chi connectivity index (χ1v) is 6.26. The van der Waals surface area contributed by atoms with Gasteiger partial charge in [0.2, 0.25) is 0 Å². The van der Waals surface area contributed by atoms with E-state index in [-0.39, 0.29) is 0 Å². The number of likely N-dealkylation sites (tertiary alicyclic amines) is 1. The first-order valence-electron chi connectivity index (χ1n) is 6.26. The third-order valence-corrected chi connectivity index (χ3v) is 3.26. The summed E-state index contributed by atoms with van der Waals surface area (Å²) in [6, 6.07) is 0.476. The van der Waals surface area contributed by atoms with E-state index < -0.39 is 0 Å². The van der Waals surface area contributed by atoms with Crippen molar-refractivity contribution in [2.24, 2.45) is 13.0 Å². The summed E-state index contributed by atoms with van der Waals surface area (Å²) in [7, 11) is 2.04. The smallest absolute Gasteiger partial charge is 0.149 e. The lowest BCUT2D eigenvalue weighted by Crippen LogP contribution is -2.37. The molecule has 1 saturated heterocycles. The molecule has 0 amide bonds. The van der Waals surface area contributed by atoms with Crippen LogP contribution in [0.2, 0.25) is 0 Å². The molecule has 0 spiro atoms. The number of nitrogens with zero attached hydrogens (tertiary/aromatic N) is 4. The fourth-order valence-corrected chi connectivity index (χ4v) is 2.56. The first-order chi connectivity index (χ1) is 7.68. The van der Waals surface area contributed by atoms with Gasteiger partial charge in [-0.25, -0.2) is 0 Å². The molecule has 0 bridgehead atoms. The number of aromatic nitrogens is 3. The summed E-state index contributed by atoms with van der Waals surface area (Å²) < 4.78 is 2.06. The highest BCUT2D eigenvalue weighted by Crippen LogP contribution is 2.29. The maximum absolute atomic E-state index is 4.27. The van der Waals surface area contributed by atoms with Crippen LogP contribution in [0.25, 0.3) is 0 Å². The minimum atomic E-state index is 0.476. The summed E-state index contributed by atoms with van der Waals surface area (Å²) in [6.45, 7) is 6.93. The molecule has 1 atom stereocenters. The maximum atomic E-state index is 4.27. The van der Waals surface area contributed by atoms with Crippen molar-refractivity contribution in [3.63, 3.8) is 0 Å². The van der Waals surface area contributed by atoms with Gasteiger partial charge in [0.1, 0.15) is 12.2 Å². The average Bonchev–Trinajstić information content (AvgIpc) is 2.64. The molecule has 2 heterocycles. The molecule has 2 rings (SSSR count). The molecular formula is C12H22N4. The van der Waals surface area contributed by atoms with E-state index in [1.54, 1.807) is 6.33 Å². The molecule has 0 aliphatic carbocycles. The predicted octanol–water partition coefficient (Wildman–Crippen LogP) is 2.00. The Balaban J connectivity index is 2.13. The largest absolute Gasteiger partial charge is 0.319 e. The van der Waals surface area contributed by atoms with E-state index in [4.69, 9.17) is 0 Å². The minimum Gasteiger partial charge on any atom is -0.319 e. The van der Waals surface area contributed by atoms with Crippen molar-refractivity contribution in [3.05, 3.63) is 12.2 Å². The zero-order valence-corrected chi connectivity index (χ0v) is 10.6. The highest BCUT2D eigenvalue weighted by molar-refractivity contribution is 4.97. The van der Waals surface area contributed by atoms with Gasteiger partial charge in [0.05, 0.1) is 6.04 Å². The van der Waals surface area contributed by atoms with Gasteiger partial charge >= 0.3 is 0 Å². The SMILES string of the molecule is CC(C)CN1CCCCC1c1nncn1C. The molecule has 0 N–H and O–H groups in total. The standard InChI is InChI=1S/C12H22N4/c1-10(2)8-16-7-5-4-6-11(16)12-14-13-9-15(12)3/h9-11H,4-8H2,1-3H3. The van der Waals surface area contributed by atoms with Gasteiger partial charge in [-0.05, 0) is 25.3 Å². The zero-order chi connectivity index (χ0) is 11.5. The van der Waals surface area contributed by atoms with Crippen molar-refractivity contribution >= 4 is 0 Å². The molecule has 0 aromatic carbocycles. The van der Waals surface area contributed by atoms with E-state index in [2.05, 4.69) is 33.5 Å². The van der Waals surface area contributed by atoms with Crippen LogP contribution >= 0.6 is 0 Å². The zero-order valence-electron chi connectivity index (χ0n) is 10.6. The quantitative estimate of drug-likeness (QED) is 0.784. The lowest BCUT2D eigenvalue weighted by atomic mass is 10.00. The Kier molecular flexibility index (Phi) is 3.59. The molecular weight excluding hydrogens is 200 g/mol. The van der Waals surface area contributed by atoms with Gasteiger partial charge in [0, 0.05) is 13.6 Å². The second-order valence-electron chi connectivity index (χ2n) is 5.20. The Bertz CT molecular complexity index is 332. The predicted molar refractivity (Wildman–Crippen MR) is 64.0 cm³/mol. The molecule has 1 aromatic rings. The van der Waals surface area contributed by atoms with E-state index in [1.165, 1.54) is 25.8 Å². The Hall–Kier alpha value is -0.900. The summed E-state index contributed by atoms with van der Waals surface area (Å²) in [5.74, 6) is 1.84. The van der Waals surface area contributed by atoms with Gasteiger partial charge in [-0.1, -0.05) is 20.3 Å². The lowest BCUT2D eigenvalue weighted by Gasteiger charge is -2.35. The normalized spacial score (nSPS) is 22.9. The van der Waals surface area contributed by atoms with E-state index in [0.29, 0.717) is 12.0 Å². The van der Waals surface area contributed by atoms with Gasteiger partial charge in [-0.3, -0.25) is 4.90 Å². The van der Waals surface area contributed by atoms with Gasteiger partial charge in [0.25, 0.3) is 0 Å². The molecule has 1 aliphatic rings. The Labute approximate surface area is 97.7 Å². The van der Waals surface area contributed by atoms with Crippen LogP contribution in [0.4, 0.5) is 0 Å². The van der Waals surface area contributed by atoms with Crippen molar-refractivity contribution in [1.29, 1.82) is 0 Å². The molecule has 0 saturated carbocycles. The number of aryl methyl sites for hydroxylation is 1. The Morgan fingerprint density at radius 1 is 1.44 bits per heavy atom. The summed E-state index contributed by atoms with van der Waals surface area (Å²) in [4.78, 5) is 2.57. The van der Waals surface area contributed by atoms with E-state index >= 15 is 0 Å². The minimum absolute atomic E-state index is 0.476. The van der Waals surface area contributed by atoms with E-state index in [9.17, 15) is 0 Å². The molecule has 0 radical (unpaired) electrons. The van der Waals surface area contributed by atoms with Crippen molar-refractivity contribution in [2.75, 3.05) is 13.1 Å². The van der Waals surface area contributed by atoms with Crippen LogP contribution in [-0.2, 0) is 7.05 Å². The molecule has 1 unspecified atom stereocenters. The van der Waals surface area contributed by atoms with E-state index in [0.717, 1.165) is 12.4 Å². The molecule has 1 aliphatic heterocycles. The molecule has 16 heavy (non-hydrogen) atoms. The maximum Gasteiger partial charge on any atom is 0.149 e. The average molecular weight is 222 g/mol. The topological polar surface area (TPSA) is 34.0 Å². The van der Waals surface area contributed by atoms with Gasteiger partial charge in [-0.15, -0.1) is 10.2 Å². The number of rotatable bonds is 3. The third kappa shape index (κ3) is 2.43. The molecule has 1 aromatic heterocycles.